The van der Waals surface area contributed by atoms with Crippen molar-refractivity contribution < 1.29 is 4.74 Å². The quantitative estimate of drug-likeness (QED) is 0.468. The van der Waals surface area contributed by atoms with Crippen LogP contribution in [0.15, 0.2) is 24.5 Å². The maximum absolute atomic E-state index is 5.21. The molecule has 1 nitrogen and oxygen atoms in total. The van der Waals surface area contributed by atoms with E-state index in [9.17, 15) is 0 Å². The van der Waals surface area contributed by atoms with Gasteiger partial charge in [-0.05, 0) is 43.4 Å². The molecule has 3 atom stereocenters. The van der Waals surface area contributed by atoms with E-state index in [0.717, 1.165) is 36.4 Å². The normalized spacial score (nSPS) is 29.5. The van der Waals surface area contributed by atoms with E-state index >= 15 is 0 Å². The summed E-state index contributed by atoms with van der Waals surface area (Å²) in [4.78, 5) is 0. The van der Waals surface area contributed by atoms with Crippen molar-refractivity contribution in [2.24, 2.45) is 17.8 Å². The van der Waals surface area contributed by atoms with Crippen LogP contribution in [0.2, 0.25) is 0 Å². The number of ether oxygens (including phenoxy) is 1. The average Bonchev–Trinajstić information content (AvgIpc) is 2.33. The van der Waals surface area contributed by atoms with Crippen molar-refractivity contribution in [3.05, 3.63) is 24.5 Å². The van der Waals surface area contributed by atoms with Crippen molar-refractivity contribution >= 4 is 0 Å². The van der Waals surface area contributed by atoms with Crippen molar-refractivity contribution in [1.29, 1.82) is 0 Å². The van der Waals surface area contributed by atoms with E-state index in [1.807, 2.05) is 0 Å². The molecule has 0 aromatic carbocycles. The smallest absolute Gasteiger partial charge is 0.0886 e. The Morgan fingerprint density at radius 1 is 1.35 bits per heavy atom. The first-order chi connectivity index (χ1) is 8.17. The Morgan fingerprint density at radius 3 is 2.76 bits per heavy atom. The number of allylic oxidation sites excluding steroid dienone is 3. The molecule has 0 radical (unpaired) electrons. The van der Waals surface area contributed by atoms with Crippen molar-refractivity contribution in [3.8, 4) is 0 Å². The number of hydrogen-bond acceptors (Lipinski definition) is 1. The standard InChI is InChI=1S/C16H28O/c1-5-6-7-8-16-12-15(10-9-13(16)2)11-14(3)17-4/h6-7,13,15-16H,3,5,8-12H2,1-2,4H3/b7-6-. The molecule has 0 bridgehead atoms. The molecule has 1 fully saturated rings. The zero-order chi connectivity index (χ0) is 12.7. The summed E-state index contributed by atoms with van der Waals surface area (Å²) in [6.45, 7) is 8.56. The van der Waals surface area contributed by atoms with Crippen molar-refractivity contribution in [2.75, 3.05) is 7.11 Å². The predicted molar refractivity (Wildman–Crippen MR) is 74.8 cm³/mol. The highest BCUT2D eigenvalue weighted by atomic mass is 16.5. The van der Waals surface area contributed by atoms with Gasteiger partial charge in [-0.1, -0.05) is 39.0 Å². The van der Waals surface area contributed by atoms with Crippen LogP contribution in [0.1, 0.15) is 52.4 Å². The minimum Gasteiger partial charge on any atom is -0.502 e. The molecule has 0 heterocycles. The van der Waals surface area contributed by atoms with Crippen LogP contribution in [-0.4, -0.2) is 7.11 Å². The summed E-state index contributed by atoms with van der Waals surface area (Å²) in [6.07, 6.45) is 12.2. The van der Waals surface area contributed by atoms with E-state index in [0.29, 0.717) is 0 Å². The van der Waals surface area contributed by atoms with Crippen molar-refractivity contribution in [1.82, 2.24) is 0 Å². The van der Waals surface area contributed by atoms with Crippen LogP contribution in [0.4, 0.5) is 0 Å². The number of rotatable bonds is 6. The lowest BCUT2D eigenvalue weighted by atomic mass is 9.72. The zero-order valence-corrected chi connectivity index (χ0v) is 11.7. The van der Waals surface area contributed by atoms with Crippen LogP contribution in [0.5, 0.6) is 0 Å². The topological polar surface area (TPSA) is 9.23 Å². The highest BCUT2D eigenvalue weighted by molar-refractivity contribution is 4.91. The molecule has 0 aromatic rings. The summed E-state index contributed by atoms with van der Waals surface area (Å²) in [5, 5.41) is 0. The van der Waals surface area contributed by atoms with Crippen LogP contribution < -0.4 is 0 Å². The fourth-order valence-electron chi connectivity index (χ4n) is 2.87. The predicted octanol–water partition coefficient (Wildman–Crippen LogP) is 4.95. The third-order valence-electron chi connectivity index (χ3n) is 4.12. The van der Waals surface area contributed by atoms with Gasteiger partial charge in [0.1, 0.15) is 0 Å². The van der Waals surface area contributed by atoms with Crippen molar-refractivity contribution in [2.45, 2.75) is 52.4 Å². The van der Waals surface area contributed by atoms with Crippen molar-refractivity contribution in [3.63, 3.8) is 0 Å². The van der Waals surface area contributed by atoms with Gasteiger partial charge >= 0.3 is 0 Å². The Morgan fingerprint density at radius 2 is 2.12 bits per heavy atom. The molecule has 0 saturated heterocycles. The van der Waals surface area contributed by atoms with E-state index in [1.54, 1.807) is 7.11 Å². The summed E-state index contributed by atoms with van der Waals surface area (Å²) < 4.78 is 5.21. The van der Waals surface area contributed by atoms with Crippen LogP contribution in [0.25, 0.3) is 0 Å². The minimum atomic E-state index is 0.790. The summed E-state index contributed by atoms with van der Waals surface area (Å²) in [5.41, 5.74) is 0. The molecular weight excluding hydrogens is 208 g/mol. The Bertz CT molecular complexity index is 254. The summed E-state index contributed by atoms with van der Waals surface area (Å²) >= 11 is 0. The van der Waals surface area contributed by atoms with Gasteiger partial charge in [0.15, 0.2) is 0 Å². The van der Waals surface area contributed by atoms with Gasteiger partial charge in [-0.15, -0.1) is 0 Å². The van der Waals surface area contributed by atoms with Gasteiger partial charge < -0.3 is 4.74 Å². The van der Waals surface area contributed by atoms with Crippen LogP contribution in [0, 0.1) is 17.8 Å². The molecule has 1 aliphatic carbocycles. The molecule has 0 amide bonds. The van der Waals surface area contributed by atoms with Gasteiger partial charge in [-0.25, -0.2) is 0 Å². The van der Waals surface area contributed by atoms with E-state index in [4.69, 9.17) is 4.74 Å². The van der Waals surface area contributed by atoms with E-state index in [-0.39, 0.29) is 0 Å². The fourth-order valence-corrected chi connectivity index (χ4v) is 2.87. The molecule has 0 aromatic heterocycles. The third-order valence-corrected chi connectivity index (χ3v) is 4.12. The minimum absolute atomic E-state index is 0.790. The number of methoxy groups -OCH3 is 1. The highest BCUT2D eigenvalue weighted by Gasteiger charge is 2.27. The number of hydrogen-bond donors (Lipinski definition) is 0. The molecule has 0 aliphatic heterocycles. The third kappa shape index (κ3) is 4.97. The zero-order valence-electron chi connectivity index (χ0n) is 11.7. The lowest BCUT2D eigenvalue weighted by Gasteiger charge is -2.34. The Balaban J connectivity index is 2.41. The average molecular weight is 236 g/mol. The van der Waals surface area contributed by atoms with Gasteiger partial charge in [0, 0.05) is 6.42 Å². The van der Waals surface area contributed by atoms with Crippen LogP contribution in [0.3, 0.4) is 0 Å². The van der Waals surface area contributed by atoms with Gasteiger partial charge in [0.25, 0.3) is 0 Å². The first kappa shape index (κ1) is 14.3. The highest BCUT2D eigenvalue weighted by Crippen LogP contribution is 2.38. The summed E-state index contributed by atoms with van der Waals surface area (Å²) in [5.74, 6) is 3.48. The Kier molecular flexibility index (Phi) is 6.39. The molecule has 1 saturated carbocycles. The molecule has 98 valence electrons. The molecule has 1 rings (SSSR count). The van der Waals surface area contributed by atoms with Gasteiger partial charge in [0.2, 0.25) is 0 Å². The molecule has 3 unspecified atom stereocenters. The van der Waals surface area contributed by atoms with E-state index in [2.05, 4.69) is 32.6 Å². The Labute approximate surface area is 107 Å². The summed E-state index contributed by atoms with van der Waals surface area (Å²) in [7, 11) is 1.73. The molecule has 0 N–H and O–H groups in total. The molecule has 1 heteroatoms. The maximum Gasteiger partial charge on any atom is 0.0886 e. The molecule has 1 aliphatic rings. The molecular formula is C16H28O. The lowest BCUT2D eigenvalue weighted by molar-refractivity contribution is 0.172. The largest absolute Gasteiger partial charge is 0.502 e. The first-order valence-corrected chi connectivity index (χ1v) is 7.04. The fraction of sp³-hybridized carbons (Fsp3) is 0.750. The van der Waals surface area contributed by atoms with E-state index in [1.165, 1.54) is 25.7 Å². The van der Waals surface area contributed by atoms with E-state index < -0.39 is 0 Å². The van der Waals surface area contributed by atoms with Gasteiger partial charge in [-0.3, -0.25) is 0 Å². The second-order valence-corrected chi connectivity index (χ2v) is 5.48. The second-order valence-electron chi connectivity index (χ2n) is 5.48. The molecule has 17 heavy (non-hydrogen) atoms. The van der Waals surface area contributed by atoms with Gasteiger partial charge in [0.05, 0.1) is 12.9 Å². The monoisotopic (exact) mass is 236 g/mol. The molecule has 0 spiro atoms. The Hall–Kier alpha value is -0.720. The second kappa shape index (κ2) is 7.58. The maximum atomic E-state index is 5.21. The van der Waals surface area contributed by atoms with Crippen LogP contribution in [-0.2, 0) is 4.74 Å². The first-order valence-electron chi connectivity index (χ1n) is 7.04. The lowest BCUT2D eigenvalue weighted by Crippen LogP contribution is -2.23. The van der Waals surface area contributed by atoms with Crippen LogP contribution >= 0.6 is 0 Å². The SMILES string of the molecule is C=C(CC1CCC(C)C(C/C=C\CC)C1)OC. The van der Waals surface area contributed by atoms with Gasteiger partial charge in [-0.2, -0.15) is 0 Å². The summed E-state index contributed by atoms with van der Waals surface area (Å²) in [6, 6.07) is 0.